The molecule has 1 aromatic carbocycles. The molecule has 5 rings (SSSR count). The summed E-state index contributed by atoms with van der Waals surface area (Å²) in [5.41, 5.74) is 3.72. The van der Waals surface area contributed by atoms with Crippen LogP contribution >= 0.6 is 0 Å². The van der Waals surface area contributed by atoms with E-state index in [1.54, 1.807) is 0 Å². The van der Waals surface area contributed by atoms with Gasteiger partial charge in [0.2, 0.25) is 0 Å². The molecule has 132 valence electrons. The lowest BCUT2D eigenvalue weighted by Gasteiger charge is -2.49. The van der Waals surface area contributed by atoms with Gasteiger partial charge in [0.25, 0.3) is 5.91 Å². The molecule has 25 heavy (non-hydrogen) atoms. The minimum Gasteiger partial charge on any atom is -0.388 e. The molecule has 2 atom stereocenters. The second kappa shape index (κ2) is 6.56. The third-order valence-electron chi connectivity index (χ3n) is 5.87. The van der Waals surface area contributed by atoms with Gasteiger partial charge in [-0.15, -0.1) is 0 Å². The molecule has 0 aliphatic carbocycles. The fourth-order valence-electron chi connectivity index (χ4n) is 4.31. The molecule has 3 aliphatic heterocycles. The summed E-state index contributed by atoms with van der Waals surface area (Å²) in [5, 5.41) is 6.42. The van der Waals surface area contributed by atoms with Gasteiger partial charge in [-0.3, -0.25) is 9.69 Å². The molecule has 1 aromatic heterocycles. The first-order valence-electron chi connectivity index (χ1n) is 9.18. The first-order chi connectivity index (χ1) is 12.2. The number of hydrogen-bond acceptors (Lipinski definition) is 3. The summed E-state index contributed by atoms with van der Waals surface area (Å²) in [5.74, 6) is 0.618. The summed E-state index contributed by atoms with van der Waals surface area (Å²) in [6.07, 6.45) is 2.39. The van der Waals surface area contributed by atoms with Crippen LogP contribution in [-0.2, 0) is 0 Å². The third kappa shape index (κ3) is 3.04. The average Bonchev–Trinajstić information content (AvgIpc) is 3.15. The van der Waals surface area contributed by atoms with Crippen molar-refractivity contribution in [1.82, 2.24) is 15.2 Å². The number of aromatic nitrogens is 1. The van der Waals surface area contributed by atoms with Crippen LogP contribution in [-0.4, -0.2) is 48.0 Å². The van der Waals surface area contributed by atoms with Gasteiger partial charge in [-0.2, -0.15) is 0 Å². The zero-order valence-electron chi connectivity index (χ0n) is 14.9. The number of nitrogens with zero attached hydrogens (tertiary/aromatic N) is 1. The Kier molecular flexibility index (Phi) is 4.25. The highest BCUT2D eigenvalue weighted by molar-refractivity contribution is 5.93. The van der Waals surface area contributed by atoms with Crippen LogP contribution in [0.4, 0.5) is 5.69 Å². The number of aromatic amines is 1. The molecule has 3 aliphatic rings. The van der Waals surface area contributed by atoms with Crippen LogP contribution in [0.2, 0.25) is 0 Å². The van der Waals surface area contributed by atoms with Crippen LogP contribution in [0.25, 0.3) is 11.3 Å². The van der Waals surface area contributed by atoms with Crippen LogP contribution in [0.15, 0.2) is 36.4 Å². The number of carbonyl (C=O) groups is 1. The predicted octanol–water partition coefficient (Wildman–Crippen LogP) is 2.94. The number of fused-ring (bicyclic) bond motifs is 3. The highest BCUT2D eigenvalue weighted by Crippen LogP contribution is 2.32. The van der Waals surface area contributed by atoms with Crippen molar-refractivity contribution >= 4 is 11.6 Å². The molecule has 3 saturated heterocycles. The maximum Gasteiger partial charge on any atom is 0.267 e. The van der Waals surface area contributed by atoms with E-state index >= 15 is 0 Å². The van der Waals surface area contributed by atoms with Crippen molar-refractivity contribution in [3.63, 3.8) is 0 Å². The number of nitrogens with one attached hydrogen (secondary N) is 3. The van der Waals surface area contributed by atoms with E-state index in [2.05, 4.69) is 33.5 Å². The summed E-state index contributed by atoms with van der Waals surface area (Å²) in [6, 6.07) is 12.7. The van der Waals surface area contributed by atoms with E-state index in [1.165, 1.54) is 25.9 Å². The van der Waals surface area contributed by atoms with Crippen LogP contribution in [0, 0.1) is 5.92 Å². The molecular formula is C20H26N4O. The Morgan fingerprint density at radius 1 is 1.20 bits per heavy atom. The van der Waals surface area contributed by atoms with Crippen molar-refractivity contribution in [2.45, 2.75) is 31.8 Å². The topological polar surface area (TPSA) is 60.2 Å². The highest BCUT2D eigenvalue weighted by atomic mass is 16.2. The molecule has 1 amide bonds. The van der Waals surface area contributed by atoms with Gasteiger partial charge in [0.1, 0.15) is 5.69 Å². The Balaban J connectivity index is 1.49. The molecule has 0 radical (unpaired) electrons. The van der Waals surface area contributed by atoms with E-state index in [4.69, 9.17) is 0 Å². The van der Waals surface area contributed by atoms with E-state index in [0.717, 1.165) is 16.9 Å². The summed E-state index contributed by atoms with van der Waals surface area (Å²) in [7, 11) is 1.90. The van der Waals surface area contributed by atoms with Crippen molar-refractivity contribution in [3.8, 4) is 11.3 Å². The van der Waals surface area contributed by atoms with Crippen LogP contribution in [0.1, 0.15) is 30.3 Å². The largest absolute Gasteiger partial charge is 0.388 e. The molecule has 4 heterocycles. The molecule has 2 bridgehead atoms. The zero-order chi connectivity index (χ0) is 17.4. The number of carbonyl (C=O) groups excluding carboxylic acids is 1. The Bertz CT molecular complexity index is 759. The number of piperidine rings is 3. The summed E-state index contributed by atoms with van der Waals surface area (Å²) in [6.45, 7) is 4.58. The smallest absolute Gasteiger partial charge is 0.267 e. The second-order valence-corrected chi connectivity index (χ2v) is 7.23. The molecule has 3 N–H and O–H groups in total. The highest BCUT2D eigenvalue weighted by Gasteiger charge is 2.40. The Hall–Kier alpha value is -2.27. The van der Waals surface area contributed by atoms with Gasteiger partial charge in [-0.25, -0.2) is 0 Å². The third-order valence-corrected chi connectivity index (χ3v) is 5.87. The lowest BCUT2D eigenvalue weighted by Crippen LogP contribution is -2.62. The van der Waals surface area contributed by atoms with Crippen molar-refractivity contribution in [2.24, 2.45) is 5.92 Å². The van der Waals surface area contributed by atoms with Gasteiger partial charge < -0.3 is 15.6 Å². The Labute approximate surface area is 148 Å². The Morgan fingerprint density at radius 3 is 2.72 bits per heavy atom. The van der Waals surface area contributed by atoms with Crippen molar-refractivity contribution < 1.29 is 4.79 Å². The number of anilines is 1. The second-order valence-electron chi connectivity index (χ2n) is 7.23. The fourth-order valence-corrected chi connectivity index (χ4v) is 4.31. The normalized spacial score (nSPS) is 27.9. The fraction of sp³-hybridized carbons (Fsp3) is 0.450. The van der Waals surface area contributed by atoms with E-state index in [0.29, 0.717) is 17.7 Å². The Morgan fingerprint density at radius 2 is 2.00 bits per heavy atom. The van der Waals surface area contributed by atoms with E-state index in [-0.39, 0.29) is 11.9 Å². The van der Waals surface area contributed by atoms with Crippen molar-refractivity contribution in [2.75, 3.05) is 25.5 Å². The zero-order valence-corrected chi connectivity index (χ0v) is 14.9. The predicted molar refractivity (Wildman–Crippen MR) is 101 cm³/mol. The van der Waals surface area contributed by atoms with Gasteiger partial charge >= 0.3 is 0 Å². The number of amides is 1. The average molecular weight is 338 g/mol. The number of benzene rings is 1. The van der Waals surface area contributed by atoms with Crippen LogP contribution in [0.5, 0.6) is 0 Å². The monoisotopic (exact) mass is 338 g/mol. The van der Waals surface area contributed by atoms with E-state index in [1.807, 2.05) is 37.4 Å². The standard InChI is InChI=1S/C20H26N4O/c1-13-19(14-8-10-24(13)11-9-14)23-20(25)18-7-6-17(22-18)15-4-3-5-16(12-15)21-2/h3-7,12-14,19,21-22H,8-11H2,1-2H3,(H,23,25)/t13-,19-/m0/s1. The van der Waals surface area contributed by atoms with Crippen molar-refractivity contribution in [1.29, 1.82) is 0 Å². The molecule has 5 nitrogen and oxygen atoms in total. The molecule has 5 heteroatoms. The lowest BCUT2D eigenvalue weighted by atomic mass is 9.79. The molecule has 3 fully saturated rings. The van der Waals surface area contributed by atoms with Gasteiger partial charge in [0, 0.05) is 30.5 Å². The maximum atomic E-state index is 12.7. The van der Waals surface area contributed by atoms with Crippen LogP contribution in [0.3, 0.4) is 0 Å². The molecule has 0 saturated carbocycles. The summed E-state index contributed by atoms with van der Waals surface area (Å²) >= 11 is 0. The molecule has 0 unspecified atom stereocenters. The van der Waals surface area contributed by atoms with Gasteiger partial charge in [0.05, 0.1) is 0 Å². The number of hydrogen-bond donors (Lipinski definition) is 3. The van der Waals surface area contributed by atoms with E-state index < -0.39 is 0 Å². The number of rotatable bonds is 4. The van der Waals surface area contributed by atoms with Gasteiger partial charge in [0.15, 0.2) is 0 Å². The van der Waals surface area contributed by atoms with Crippen LogP contribution < -0.4 is 10.6 Å². The number of H-pyrrole nitrogens is 1. The minimum atomic E-state index is 0.00150. The molecule has 2 aromatic rings. The molecule has 0 spiro atoms. The maximum absolute atomic E-state index is 12.7. The van der Waals surface area contributed by atoms with E-state index in [9.17, 15) is 4.79 Å². The van der Waals surface area contributed by atoms with Gasteiger partial charge in [-0.1, -0.05) is 12.1 Å². The first kappa shape index (κ1) is 16.2. The SMILES string of the molecule is CNc1cccc(-c2ccc(C(=O)N[C@@H]3C4CCN(CC4)[C@H]3C)[nH]2)c1. The summed E-state index contributed by atoms with van der Waals surface area (Å²) < 4.78 is 0. The minimum absolute atomic E-state index is 0.00150. The first-order valence-corrected chi connectivity index (χ1v) is 9.18. The molecular weight excluding hydrogens is 312 g/mol. The van der Waals surface area contributed by atoms with Gasteiger partial charge in [-0.05, 0) is 68.6 Å². The van der Waals surface area contributed by atoms with Crippen molar-refractivity contribution in [3.05, 3.63) is 42.1 Å². The lowest BCUT2D eigenvalue weighted by molar-refractivity contribution is 0.0216. The summed E-state index contributed by atoms with van der Waals surface area (Å²) in [4.78, 5) is 18.5. The quantitative estimate of drug-likeness (QED) is 0.803.